The Hall–Kier alpha value is -2.91. The first-order valence-electron chi connectivity index (χ1n) is 7.71. The lowest BCUT2D eigenvalue weighted by molar-refractivity contribution is -0.121. The Balaban J connectivity index is 1.78. The fourth-order valence-corrected chi connectivity index (χ4v) is 2.96. The molecule has 126 valence electrons. The van der Waals surface area contributed by atoms with Gasteiger partial charge in [-0.2, -0.15) is 5.26 Å². The number of nitrogens with zero attached hydrogens (tertiary/aromatic N) is 4. The Morgan fingerprint density at radius 2 is 2.04 bits per heavy atom. The summed E-state index contributed by atoms with van der Waals surface area (Å²) in [6.07, 6.45) is 2.90. The second-order valence-corrected chi connectivity index (χ2v) is 6.27. The second-order valence-electron chi connectivity index (χ2n) is 5.84. The zero-order valence-corrected chi connectivity index (χ0v) is 14.3. The van der Waals surface area contributed by atoms with Crippen LogP contribution in [0.5, 0.6) is 0 Å². The van der Waals surface area contributed by atoms with Crippen LogP contribution >= 0.6 is 11.6 Å². The van der Waals surface area contributed by atoms with Crippen molar-refractivity contribution in [2.45, 2.75) is 13.0 Å². The van der Waals surface area contributed by atoms with Crippen LogP contribution in [0.1, 0.15) is 22.8 Å². The van der Waals surface area contributed by atoms with Crippen LogP contribution in [0.3, 0.4) is 0 Å². The topological polar surface area (TPSA) is 77.3 Å². The van der Waals surface area contributed by atoms with E-state index in [1.54, 1.807) is 35.2 Å². The van der Waals surface area contributed by atoms with Crippen molar-refractivity contribution < 1.29 is 9.59 Å². The zero-order chi connectivity index (χ0) is 18.0. The first-order valence-corrected chi connectivity index (χ1v) is 8.09. The number of aromatic nitrogens is 1. The average molecular weight is 355 g/mol. The van der Waals surface area contributed by atoms with Crippen molar-refractivity contribution in [2.24, 2.45) is 0 Å². The summed E-state index contributed by atoms with van der Waals surface area (Å²) >= 11 is 5.89. The van der Waals surface area contributed by atoms with E-state index in [1.807, 2.05) is 13.0 Å². The molecule has 1 unspecified atom stereocenters. The highest BCUT2D eigenvalue weighted by atomic mass is 35.5. The predicted molar refractivity (Wildman–Crippen MR) is 93.3 cm³/mol. The van der Waals surface area contributed by atoms with Crippen LogP contribution in [-0.4, -0.2) is 40.8 Å². The van der Waals surface area contributed by atoms with E-state index in [4.69, 9.17) is 16.9 Å². The maximum absolute atomic E-state index is 12.7. The van der Waals surface area contributed by atoms with Gasteiger partial charge in [0, 0.05) is 30.7 Å². The van der Waals surface area contributed by atoms with Crippen molar-refractivity contribution in [3.63, 3.8) is 0 Å². The predicted octanol–water partition coefficient (Wildman–Crippen LogP) is 2.48. The molecule has 7 heteroatoms. The van der Waals surface area contributed by atoms with Crippen molar-refractivity contribution >= 4 is 29.1 Å². The Bertz CT molecular complexity index is 860. The number of carbonyl (C=O) groups is 2. The SMILES string of the molecule is CC1CN(c2ccc(C#N)cc2)C(=O)CN1C(=O)c1cncc(Cl)c1. The van der Waals surface area contributed by atoms with Crippen molar-refractivity contribution in [1.82, 2.24) is 9.88 Å². The highest BCUT2D eigenvalue weighted by Crippen LogP contribution is 2.22. The smallest absolute Gasteiger partial charge is 0.256 e. The van der Waals surface area contributed by atoms with Gasteiger partial charge in [-0.05, 0) is 37.3 Å². The molecule has 1 aromatic heterocycles. The van der Waals surface area contributed by atoms with Crippen molar-refractivity contribution in [1.29, 1.82) is 5.26 Å². The van der Waals surface area contributed by atoms with Crippen molar-refractivity contribution in [2.75, 3.05) is 18.0 Å². The van der Waals surface area contributed by atoms with Gasteiger partial charge in [0.1, 0.15) is 6.54 Å². The van der Waals surface area contributed by atoms with Crippen LogP contribution in [0.2, 0.25) is 5.02 Å². The molecule has 25 heavy (non-hydrogen) atoms. The summed E-state index contributed by atoms with van der Waals surface area (Å²) < 4.78 is 0. The fourth-order valence-electron chi connectivity index (χ4n) is 2.78. The highest BCUT2D eigenvalue weighted by molar-refractivity contribution is 6.30. The molecule has 3 rings (SSSR count). The van der Waals surface area contributed by atoms with E-state index in [-0.39, 0.29) is 24.4 Å². The number of anilines is 1. The first-order chi connectivity index (χ1) is 12.0. The van der Waals surface area contributed by atoms with Gasteiger partial charge in [-0.1, -0.05) is 11.6 Å². The molecule has 0 radical (unpaired) electrons. The number of amides is 2. The number of hydrogen-bond donors (Lipinski definition) is 0. The van der Waals surface area contributed by atoms with Crippen LogP contribution < -0.4 is 4.90 Å². The van der Waals surface area contributed by atoms with Gasteiger partial charge in [0.2, 0.25) is 5.91 Å². The Kier molecular flexibility index (Phi) is 4.68. The van der Waals surface area contributed by atoms with E-state index in [2.05, 4.69) is 4.98 Å². The molecule has 1 saturated heterocycles. The van der Waals surface area contributed by atoms with Gasteiger partial charge in [0.15, 0.2) is 0 Å². The molecule has 1 fully saturated rings. The highest BCUT2D eigenvalue weighted by Gasteiger charge is 2.33. The second kappa shape index (κ2) is 6.91. The average Bonchev–Trinajstić information content (AvgIpc) is 2.63. The molecule has 1 atom stereocenters. The van der Waals surface area contributed by atoms with Gasteiger partial charge in [0.25, 0.3) is 5.91 Å². The lowest BCUT2D eigenvalue weighted by atomic mass is 10.1. The lowest BCUT2D eigenvalue weighted by Crippen LogP contribution is -2.57. The van der Waals surface area contributed by atoms with E-state index in [1.165, 1.54) is 17.3 Å². The number of hydrogen-bond acceptors (Lipinski definition) is 4. The molecule has 0 saturated carbocycles. The monoisotopic (exact) mass is 354 g/mol. The molecule has 2 heterocycles. The standard InChI is InChI=1S/C18H15ClN4O2/c1-12-10-23(16-4-2-13(7-20)3-5-16)17(24)11-22(12)18(25)14-6-15(19)9-21-8-14/h2-6,8-9,12H,10-11H2,1H3. The maximum atomic E-state index is 12.7. The lowest BCUT2D eigenvalue weighted by Gasteiger charge is -2.39. The quantitative estimate of drug-likeness (QED) is 0.830. The minimum atomic E-state index is -0.268. The molecular formula is C18H15ClN4O2. The number of rotatable bonds is 2. The minimum Gasteiger partial charge on any atom is -0.325 e. The summed E-state index contributed by atoms with van der Waals surface area (Å²) in [5, 5.41) is 9.24. The molecular weight excluding hydrogens is 340 g/mol. The minimum absolute atomic E-state index is 0.0213. The van der Waals surface area contributed by atoms with Gasteiger partial charge in [-0.25, -0.2) is 0 Å². The van der Waals surface area contributed by atoms with Crippen molar-refractivity contribution in [3.8, 4) is 6.07 Å². The normalized spacial score (nSPS) is 17.3. The summed E-state index contributed by atoms with van der Waals surface area (Å²) in [5.74, 6) is -0.443. The number of halogens is 1. The van der Waals surface area contributed by atoms with Crippen LogP contribution in [0.15, 0.2) is 42.7 Å². The van der Waals surface area contributed by atoms with Crippen LogP contribution in [0.4, 0.5) is 5.69 Å². The number of benzene rings is 1. The number of nitriles is 1. The summed E-state index contributed by atoms with van der Waals surface area (Å²) in [5.41, 5.74) is 1.61. The molecule has 0 spiro atoms. The van der Waals surface area contributed by atoms with Gasteiger partial charge in [-0.15, -0.1) is 0 Å². The Morgan fingerprint density at radius 1 is 1.32 bits per heavy atom. The van der Waals surface area contributed by atoms with E-state index in [0.29, 0.717) is 28.4 Å². The van der Waals surface area contributed by atoms with Crippen LogP contribution in [0, 0.1) is 11.3 Å². The molecule has 2 amide bonds. The third-order valence-corrected chi connectivity index (χ3v) is 4.31. The van der Waals surface area contributed by atoms with Crippen LogP contribution in [0.25, 0.3) is 0 Å². The molecule has 1 aliphatic heterocycles. The fraction of sp³-hybridized carbons (Fsp3) is 0.222. The maximum Gasteiger partial charge on any atom is 0.256 e. The van der Waals surface area contributed by atoms with Crippen LogP contribution in [-0.2, 0) is 4.79 Å². The summed E-state index contributed by atoms with van der Waals surface area (Å²) in [4.78, 5) is 32.3. The molecule has 0 bridgehead atoms. The molecule has 6 nitrogen and oxygen atoms in total. The van der Waals surface area contributed by atoms with Gasteiger partial charge in [0.05, 0.1) is 22.2 Å². The number of piperazine rings is 1. The van der Waals surface area contributed by atoms with Gasteiger partial charge in [-0.3, -0.25) is 14.6 Å². The molecule has 1 aliphatic rings. The zero-order valence-electron chi connectivity index (χ0n) is 13.5. The van der Waals surface area contributed by atoms with Gasteiger partial charge >= 0.3 is 0 Å². The number of carbonyl (C=O) groups excluding carboxylic acids is 2. The Labute approximate surface area is 150 Å². The summed E-state index contributed by atoms with van der Waals surface area (Å²) in [6.45, 7) is 2.25. The molecule has 2 aromatic rings. The van der Waals surface area contributed by atoms with E-state index < -0.39 is 0 Å². The third kappa shape index (κ3) is 3.47. The number of pyridine rings is 1. The van der Waals surface area contributed by atoms with E-state index in [9.17, 15) is 9.59 Å². The third-order valence-electron chi connectivity index (χ3n) is 4.11. The summed E-state index contributed by atoms with van der Waals surface area (Å²) in [7, 11) is 0. The Morgan fingerprint density at radius 3 is 2.68 bits per heavy atom. The largest absolute Gasteiger partial charge is 0.325 e. The molecule has 0 aliphatic carbocycles. The van der Waals surface area contributed by atoms with E-state index in [0.717, 1.165) is 0 Å². The van der Waals surface area contributed by atoms with Gasteiger partial charge < -0.3 is 9.80 Å². The molecule has 0 N–H and O–H groups in total. The van der Waals surface area contributed by atoms with Crippen molar-refractivity contribution in [3.05, 3.63) is 58.9 Å². The molecule has 1 aromatic carbocycles. The summed E-state index contributed by atoms with van der Waals surface area (Å²) in [6, 6.07) is 10.2. The van der Waals surface area contributed by atoms with E-state index >= 15 is 0 Å². The first kappa shape index (κ1) is 16.9.